The number of unbranched alkanes of at least 4 members (excludes halogenated alkanes) is 1. The summed E-state index contributed by atoms with van der Waals surface area (Å²) in [5.74, 6) is -0.992. The number of urea groups is 1. The van der Waals surface area contributed by atoms with Crippen molar-refractivity contribution in [1.82, 2.24) is 10.6 Å². The second kappa shape index (κ2) is 7.33. The van der Waals surface area contributed by atoms with Crippen molar-refractivity contribution in [3.05, 3.63) is 0 Å². The number of ether oxygens (including phenoxy) is 1. The van der Waals surface area contributed by atoms with Crippen LogP contribution in [0.5, 0.6) is 0 Å². The molecule has 0 aromatic carbocycles. The topological polar surface area (TPSA) is 87.7 Å². The molecule has 1 fully saturated rings. The predicted molar refractivity (Wildman–Crippen MR) is 71.1 cm³/mol. The number of hydrogen-bond donors (Lipinski definition) is 3. The third-order valence-electron chi connectivity index (χ3n) is 3.72. The highest BCUT2D eigenvalue weighted by Gasteiger charge is 2.37. The van der Waals surface area contributed by atoms with Crippen LogP contribution in [0.1, 0.15) is 45.4 Å². The van der Waals surface area contributed by atoms with Crippen LogP contribution in [-0.2, 0) is 9.53 Å². The zero-order chi connectivity index (χ0) is 14.3. The molecule has 0 aromatic heterocycles. The van der Waals surface area contributed by atoms with Crippen LogP contribution in [0, 0.1) is 0 Å². The van der Waals surface area contributed by atoms with E-state index in [0.29, 0.717) is 13.0 Å². The van der Waals surface area contributed by atoms with Crippen molar-refractivity contribution in [1.29, 1.82) is 0 Å². The molecule has 19 heavy (non-hydrogen) atoms. The maximum absolute atomic E-state index is 11.7. The molecule has 0 spiro atoms. The number of rotatable bonds is 8. The van der Waals surface area contributed by atoms with Crippen LogP contribution in [0.2, 0.25) is 0 Å². The van der Waals surface area contributed by atoms with Crippen molar-refractivity contribution in [2.75, 3.05) is 13.7 Å². The molecule has 1 rings (SSSR count). The summed E-state index contributed by atoms with van der Waals surface area (Å²) in [4.78, 5) is 22.7. The van der Waals surface area contributed by atoms with Gasteiger partial charge in [-0.15, -0.1) is 0 Å². The Bertz CT molecular complexity index is 310. The van der Waals surface area contributed by atoms with Crippen LogP contribution in [0.15, 0.2) is 0 Å². The fourth-order valence-electron chi connectivity index (χ4n) is 2.14. The van der Waals surface area contributed by atoms with Gasteiger partial charge in [-0.2, -0.15) is 0 Å². The fraction of sp³-hybridized carbons (Fsp3) is 0.846. The van der Waals surface area contributed by atoms with E-state index in [1.54, 1.807) is 7.11 Å². The molecule has 6 heteroatoms. The van der Waals surface area contributed by atoms with Crippen molar-refractivity contribution in [2.45, 2.75) is 57.1 Å². The summed E-state index contributed by atoms with van der Waals surface area (Å²) >= 11 is 0. The van der Waals surface area contributed by atoms with Crippen molar-refractivity contribution in [2.24, 2.45) is 0 Å². The molecule has 1 aliphatic carbocycles. The van der Waals surface area contributed by atoms with E-state index < -0.39 is 18.0 Å². The standard InChI is InChI=1S/C13H24N2O4/c1-3-4-6-10(11(16)17)15-12(18)14-9-13(19-2)7-5-8-13/h10H,3-9H2,1-2H3,(H,16,17)(H2,14,15,18)/t10-/m0/s1. The Morgan fingerprint density at radius 2 is 2.11 bits per heavy atom. The zero-order valence-electron chi connectivity index (χ0n) is 11.7. The number of carbonyl (C=O) groups is 2. The highest BCUT2D eigenvalue weighted by molar-refractivity contribution is 5.82. The second-order valence-electron chi connectivity index (χ2n) is 5.10. The number of carboxylic acids is 1. The Balaban J connectivity index is 2.33. The highest BCUT2D eigenvalue weighted by Crippen LogP contribution is 2.34. The van der Waals surface area contributed by atoms with Gasteiger partial charge in [0.1, 0.15) is 6.04 Å². The maximum Gasteiger partial charge on any atom is 0.326 e. The SMILES string of the molecule is CCCC[C@H](NC(=O)NCC1(OC)CCC1)C(=O)O. The van der Waals surface area contributed by atoms with E-state index in [2.05, 4.69) is 10.6 Å². The Morgan fingerprint density at radius 3 is 2.53 bits per heavy atom. The van der Waals surface area contributed by atoms with E-state index in [1.165, 1.54) is 0 Å². The molecule has 3 N–H and O–H groups in total. The minimum atomic E-state index is -0.992. The largest absolute Gasteiger partial charge is 0.480 e. The van der Waals surface area contributed by atoms with Crippen LogP contribution in [0.25, 0.3) is 0 Å². The van der Waals surface area contributed by atoms with Gasteiger partial charge in [-0.25, -0.2) is 9.59 Å². The van der Waals surface area contributed by atoms with Gasteiger partial charge in [0.2, 0.25) is 0 Å². The van der Waals surface area contributed by atoms with E-state index in [4.69, 9.17) is 9.84 Å². The molecular formula is C13H24N2O4. The molecule has 110 valence electrons. The van der Waals surface area contributed by atoms with E-state index in [1.807, 2.05) is 6.92 Å². The summed E-state index contributed by atoms with van der Waals surface area (Å²) in [6.45, 7) is 2.41. The van der Waals surface area contributed by atoms with E-state index in [-0.39, 0.29) is 5.60 Å². The molecular weight excluding hydrogens is 248 g/mol. The van der Waals surface area contributed by atoms with Crippen LogP contribution in [0.4, 0.5) is 4.79 Å². The summed E-state index contributed by atoms with van der Waals surface area (Å²) in [5.41, 5.74) is -0.251. The molecule has 0 aliphatic heterocycles. The molecule has 0 aromatic rings. The van der Waals surface area contributed by atoms with Crippen molar-refractivity contribution in [3.8, 4) is 0 Å². The summed E-state index contributed by atoms with van der Waals surface area (Å²) in [7, 11) is 1.64. The Kier molecular flexibility index (Phi) is 6.08. The Labute approximate surface area is 113 Å². The molecule has 1 atom stereocenters. The van der Waals surface area contributed by atoms with Gasteiger partial charge in [-0.05, 0) is 25.7 Å². The number of methoxy groups -OCH3 is 1. The average Bonchev–Trinajstić information content (AvgIpc) is 2.33. The van der Waals surface area contributed by atoms with Gasteiger partial charge in [0.15, 0.2) is 0 Å². The molecule has 6 nitrogen and oxygen atoms in total. The van der Waals surface area contributed by atoms with Crippen molar-refractivity contribution >= 4 is 12.0 Å². The number of nitrogens with one attached hydrogen (secondary N) is 2. The third-order valence-corrected chi connectivity index (χ3v) is 3.72. The first-order valence-corrected chi connectivity index (χ1v) is 6.85. The van der Waals surface area contributed by atoms with Crippen molar-refractivity contribution in [3.63, 3.8) is 0 Å². The first kappa shape index (κ1) is 15.8. The van der Waals surface area contributed by atoms with Gasteiger partial charge in [-0.1, -0.05) is 19.8 Å². The lowest BCUT2D eigenvalue weighted by atomic mass is 9.80. The predicted octanol–water partition coefficient (Wildman–Crippen LogP) is 1.50. The van der Waals surface area contributed by atoms with Crippen LogP contribution >= 0.6 is 0 Å². The molecule has 0 unspecified atom stereocenters. The van der Waals surface area contributed by atoms with Crippen LogP contribution in [-0.4, -0.2) is 42.4 Å². The lowest BCUT2D eigenvalue weighted by Gasteiger charge is -2.40. The molecule has 0 saturated heterocycles. The summed E-state index contributed by atoms with van der Waals surface area (Å²) < 4.78 is 5.38. The Morgan fingerprint density at radius 1 is 1.42 bits per heavy atom. The van der Waals surface area contributed by atoms with Crippen LogP contribution < -0.4 is 10.6 Å². The van der Waals surface area contributed by atoms with Gasteiger partial charge in [0.25, 0.3) is 0 Å². The number of amides is 2. The quantitative estimate of drug-likeness (QED) is 0.625. The molecule has 0 heterocycles. The highest BCUT2D eigenvalue weighted by atomic mass is 16.5. The molecule has 0 bridgehead atoms. The van der Waals surface area contributed by atoms with Crippen LogP contribution in [0.3, 0.4) is 0 Å². The van der Waals surface area contributed by atoms with Crippen molar-refractivity contribution < 1.29 is 19.4 Å². The lowest BCUT2D eigenvalue weighted by molar-refractivity contribution is -0.139. The minimum absolute atomic E-state index is 0.251. The van der Waals surface area contributed by atoms with E-state index in [9.17, 15) is 9.59 Å². The first-order valence-electron chi connectivity index (χ1n) is 6.85. The van der Waals surface area contributed by atoms with E-state index >= 15 is 0 Å². The molecule has 0 radical (unpaired) electrons. The normalized spacial score (nSPS) is 18.2. The minimum Gasteiger partial charge on any atom is -0.480 e. The number of aliphatic carboxylic acids is 1. The zero-order valence-corrected chi connectivity index (χ0v) is 11.7. The molecule has 2 amide bonds. The van der Waals surface area contributed by atoms with Gasteiger partial charge >= 0.3 is 12.0 Å². The van der Waals surface area contributed by atoms with Gasteiger partial charge < -0.3 is 20.5 Å². The average molecular weight is 272 g/mol. The number of carboxylic acid groups (broad SMARTS) is 1. The third kappa shape index (κ3) is 4.70. The molecule has 1 saturated carbocycles. The van der Waals surface area contributed by atoms with Gasteiger partial charge in [0.05, 0.1) is 5.60 Å². The summed E-state index contributed by atoms with van der Waals surface area (Å²) in [6, 6.07) is -1.26. The maximum atomic E-state index is 11.7. The number of carbonyl (C=O) groups excluding carboxylic acids is 1. The first-order chi connectivity index (χ1) is 9.03. The van der Waals surface area contributed by atoms with Gasteiger partial charge in [0, 0.05) is 13.7 Å². The van der Waals surface area contributed by atoms with Gasteiger partial charge in [-0.3, -0.25) is 0 Å². The molecule has 1 aliphatic rings. The fourth-order valence-corrected chi connectivity index (χ4v) is 2.14. The lowest BCUT2D eigenvalue weighted by Crippen LogP contribution is -2.53. The van der Waals surface area contributed by atoms with E-state index in [0.717, 1.165) is 32.1 Å². The second-order valence-corrected chi connectivity index (χ2v) is 5.10. The Hall–Kier alpha value is -1.30. The summed E-state index contributed by atoms with van der Waals surface area (Å²) in [6.07, 6.45) is 5.10. The number of hydrogen-bond acceptors (Lipinski definition) is 3. The monoisotopic (exact) mass is 272 g/mol. The summed E-state index contributed by atoms with van der Waals surface area (Å²) in [5, 5.41) is 14.2. The smallest absolute Gasteiger partial charge is 0.326 e.